The van der Waals surface area contributed by atoms with Crippen molar-refractivity contribution >= 4 is 12.0 Å². The summed E-state index contributed by atoms with van der Waals surface area (Å²) in [5.74, 6) is 0.382. The van der Waals surface area contributed by atoms with E-state index in [1.54, 1.807) is 6.92 Å². The maximum Gasteiger partial charge on any atom is 0.407 e. The largest absolute Gasteiger partial charge is 0.450 e. The molecule has 0 aliphatic heterocycles. The lowest BCUT2D eigenvalue weighted by Crippen LogP contribution is -2.45. The van der Waals surface area contributed by atoms with Crippen molar-refractivity contribution in [2.45, 2.75) is 45.6 Å². The molecule has 1 fully saturated rings. The van der Waals surface area contributed by atoms with Gasteiger partial charge in [0.05, 0.1) is 6.61 Å². The Balaban J connectivity index is 2.22. The first-order chi connectivity index (χ1) is 8.13. The highest BCUT2D eigenvalue weighted by atomic mass is 16.5. The van der Waals surface area contributed by atoms with E-state index < -0.39 is 6.09 Å². The van der Waals surface area contributed by atoms with Crippen LogP contribution >= 0.6 is 0 Å². The highest BCUT2D eigenvalue weighted by molar-refractivity contribution is 5.82. The van der Waals surface area contributed by atoms with Crippen LogP contribution in [0.5, 0.6) is 0 Å². The maximum atomic E-state index is 11.6. The third kappa shape index (κ3) is 5.06. The third-order valence-electron chi connectivity index (χ3n) is 3.13. The number of carbonyl (C=O) groups is 2. The molecule has 0 aromatic rings. The predicted octanol–water partition coefficient (Wildman–Crippen LogP) is 1.43. The third-order valence-corrected chi connectivity index (χ3v) is 3.13. The first kappa shape index (κ1) is 13.8. The van der Waals surface area contributed by atoms with Gasteiger partial charge in [-0.1, -0.05) is 19.8 Å². The van der Waals surface area contributed by atoms with Gasteiger partial charge in [0.2, 0.25) is 5.91 Å². The van der Waals surface area contributed by atoms with Crippen molar-refractivity contribution in [1.82, 2.24) is 10.6 Å². The zero-order chi connectivity index (χ0) is 12.7. The minimum atomic E-state index is -0.542. The van der Waals surface area contributed by atoms with Crippen LogP contribution < -0.4 is 10.6 Å². The first-order valence-electron chi connectivity index (χ1n) is 6.33. The smallest absolute Gasteiger partial charge is 0.407 e. The molecule has 0 spiro atoms. The van der Waals surface area contributed by atoms with E-state index in [9.17, 15) is 9.59 Å². The van der Waals surface area contributed by atoms with Crippen LogP contribution in [0.15, 0.2) is 0 Å². The number of hydrogen-bond donors (Lipinski definition) is 2. The second-order valence-electron chi connectivity index (χ2n) is 4.51. The summed E-state index contributed by atoms with van der Waals surface area (Å²) in [5, 5.41) is 5.37. The molecule has 2 atom stereocenters. The molecule has 0 bridgehead atoms. The van der Waals surface area contributed by atoms with Crippen molar-refractivity contribution in [2.24, 2.45) is 5.92 Å². The van der Waals surface area contributed by atoms with E-state index in [1.165, 1.54) is 12.8 Å². The van der Waals surface area contributed by atoms with Crippen molar-refractivity contribution in [3.05, 3.63) is 0 Å². The Hall–Kier alpha value is -1.26. The maximum absolute atomic E-state index is 11.6. The van der Waals surface area contributed by atoms with Gasteiger partial charge in [-0.05, 0) is 25.7 Å². The topological polar surface area (TPSA) is 67.4 Å². The molecule has 17 heavy (non-hydrogen) atoms. The lowest BCUT2D eigenvalue weighted by molar-refractivity contribution is -0.121. The Bertz CT molecular complexity index is 268. The number of amides is 2. The second-order valence-corrected chi connectivity index (χ2v) is 4.51. The quantitative estimate of drug-likeness (QED) is 0.783. The van der Waals surface area contributed by atoms with E-state index in [0.29, 0.717) is 12.5 Å². The Morgan fingerprint density at radius 3 is 2.65 bits per heavy atom. The van der Waals surface area contributed by atoms with E-state index >= 15 is 0 Å². The van der Waals surface area contributed by atoms with Crippen molar-refractivity contribution in [1.29, 1.82) is 0 Å². The van der Waals surface area contributed by atoms with Gasteiger partial charge in [-0.3, -0.25) is 4.79 Å². The fourth-order valence-electron chi connectivity index (χ4n) is 2.12. The molecular formula is C12H22N2O3. The summed E-state index contributed by atoms with van der Waals surface area (Å²) in [6.45, 7) is 4.18. The Kier molecular flexibility index (Phi) is 5.80. The molecular weight excluding hydrogens is 220 g/mol. The highest BCUT2D eigenvalue weighted by Gasteiger charge is 2.22. The summed E-state index contributed by atoms with van der Waals surface area (Å²) in [6.07, 6.45) is 4.07. The van der Waals surface area contributed by atoms with Crippen molar-refractivity contribution < 1.29 is 14.3 Å². The minimum absolute atomic E-state index is 0.0119. The Morgan fingerprint density at radius 1 is 1.29 bits per heavy atom. The summed E-state index contributed by atoms with van der Waals surface area (Å²) in [4.78, 5) is 22.6. The van der Waals surface area contributed by atoms with E-state index in [2.05, 4.69) is 22.3 Å². The SMILES string of the molecule is CCOC(=O)NCC(=O)N[C@@H]1CCCC[C@@H]1C. The summed E-state index contributed by atoms with van der Waals surface area (Å²) in [7, 11) is 0. The monoisotopic (exact) mass is 242 g/mol. The van der Waals surface area contributed by atoms with E-state index in [4.69, 9.17) is 0 Å². The molecule has 0 aromatic heterocycles. The molecule has 98 valence electrons. The molecule has 2 amide bonds. The average molecular weight is 242 g/mol. The zero-order valence-electron chi connectivity index (χ0n) is 10.6. The standard InChI is InChI=1S/C12H22N2O3/c1-3-17-12(16)13-8-11(15)14-10-7-5-4-6-9(10)2/h9-10H,3-8H2,1-2H3,(H,13,16)(H,14,15)/t9-,10+/m0/s1. The van der Waals surface area contributed by atoms with E-state index in [0.717, 1.165) is 12.8 Å². The van der Waals surface area contributed by atoms with Crippen LogP contribution in [0.3, 0.4) is 0 Å². The van der Waals surface area contributed by atoms with Gasteiger partial charge in [0.1, 0.15) is 6.54 Å². The number of nitrogens with one attached hydrogen (secondary N) is 2. The molecule has 0 saturated heterocycles. The summed E-state index contributed by atoms with van der Waals surface area (Å²) < 4.78 is 4.67. The van der Waals surface area contributed by atoms with Crippen LogP contribution in [0, 0.1) is 5.92 Å². The molecule has 0 aromatic carbocycles. The molecule has 0 radical (unpaired) electrons. The van der Waals surface area contributed by atoms with Crippen LogP contribution in [-0.4, -0.2) is 31.2 Å². The number of hydrogen-bond acceptors (Lipinski definition) is 3. The van der Waals surface area contributed by atoms with Crippen LogP contribution in [-0.2, 0) is 9.53 Å². The van der Waals surface area contributed by atoms with Gasteiger partial charge < -0.3 is 15.4 Å². The van der Waals surface area contributed by atoms with Gasteiger partial charge >= 0.3 is 6.09 Å². The molecule has 1 aliphatic rings. The van der Waals surface area contributed by atoms with Gasteiger partial charge in [0.15, 0.2) is 0 Å². The van der Waals surface area contributed by atoms with Crippen molar-refractivity contribution in [2.75, 3.05) is 13.2 Å². The average Bonchev–Trinajstić information content (AvgIpc) is 2.30. The van der Waals surface area contributed by atoms with Crippen molar-refractivity contribution in [3.63, 3.8) is 0 Å². The van der Waals surface area contributed by atoms with Gasteiger partial charge in [-0.25, -0.2) is 4.79 Å². The van der Waals surface area contributed by atoms with Gasteiger partial charge in [0, 0.05) is 6.04 Å². The number of ether oxygens (including phenoxy) is 1. The van der Waals surface area contributed by atoms with Gasteiger partial charge in [0.25, 0.3) is 0 Å². The molecule has 0 unspecified atom stereocenters. The zero-order valence-corrected chi connectivity index (χ0v) is 10.6. The predicted molar refractivity (Wildman–Crippen MR) is 64.6 cm³/mol. The fraction of sp³-hybridized carbons (Fsp3) is 0.833. The van der Waals surface area contributed by atoms with Crippen LogP contribution in [0.1, 0.15) is 39.5 Å². The van der Waals surface area contributed by atoms with Crippen molar-refractivity contribution in [3.8, 4) is 0 Å². The molecule has 1 aliphatic carbocycles. The van der Waals surface area contributed by atoms with Crippen LogP contribution in [0.2, 0.25) is 0 Å². The lowest BCUT2D eigenvalue weighted by atomic mass is 9.86. The van der Waals surface area contributed by atoms with E-state index in [1.807, 2.05) is 0 Å². The molecule has 5 nitrogen and oxygen atoms in total. The van der Waals surface area contributed by atoms with Crippen LogP contribution in [0.4, 0.5) is 4.79 Å². The lowest BCUT2D eigenvalue weighted by Gasteiger charge is -2.29. The highest BCUT2D eigenvalue weighted by Crippen LogP contribution is 2.23. The molecule has 0 heterocycles. The molecule has 2 N–H and O–H groups in total. The number of alkyl carbamates (subject to hydrolysis) is 1. The number of rotatable bonds is 4. The molecule has 5 heteroatoms. The Morgan fingerprint density at radius 2 is 2.00 bits per heavy atom. The fourth-order valence-corrected chi connectivity index (χ4v) is 2.12. The first-order valence-corrected chi connectivity index (χ1v) is 6.33. The normalized spacial score (nSPS) is 23.9. The molecule has 1 saturated carbocycles. The van der Waals surface area contributed by atoms with Crippen LogP contribution in [0.25, 0.3) is 0 Å². The van der Waals surface area contributed by atoms with E-state index in [-0.39, 0.29) is 18.5 Å². The van der Waals surface area contributed by atoms with Gasteiger partial charge in [-0.15, -0.1) is 0 Å². The van der Waals surface area contributed by atoms with Gasteiger partial charge in [-0.2, -0.15) is 0 Å². The Labute approximate surface area is 102 Å². The summed E-state index contributed by atoms with van der Waals surface area (Å²) in [5.41, 5.74) is 0. The summed E-state index contributed by atoms with van der Waals surface area (Å²) in [6, 6.07) is 0.250. The second kappa shape index (κ2) is 7.14. The number of carbonyl (C=O) groups excluding carboxylic acids is 2. The summed E-state index contributed by atoms with van der Waals surface area (Å²) >= 11 is 0. The minimum Gasteiger partial charge on any atom is -0.450 e. The molecule has 1 rings (SSSR count).